The standard InChI is InChI=1S/C14H19NO2/c1-10-3-8-13(16)14(15,9-10)11-4-6-12(17-2)7-5-11/h4-7,10H,3,8-9,15H2,1-2H3/t10-,14+/m1/s1. The number of Topliss-reactive ketones (excluding diaryl/α,β-unsaturated/α-hetero) is 1. The first-order valence-electron chi connectivity index (χ1n) is 6.03. The van der Waals surface area contributed by atoms with Crippen LogP contribution in [0.15, 0.2) is 24.3 Å². The third-order valence-electron chi connectivity index (χ3n) is 3.64. The fourth-order valence-electron chi connectivity index (χ4n) is 2.53. The topological polar surface area (TPSA) is 52.3 Å². The van der Waals surface area contributed by atoms with Gasteiger partial charge in [-0.2, -0.15) is 0 Å². The lowest BCUT2D eigenvalue weighted by molar-refractivity contribution is -0.127. The number of hydrogen-bond donors (Lipinski definition) is 1. The van der Waals surface area contributed by atoms with Crippen LogP contribution in [0.25, 0.3) is 0 Å². The number of ketones is 1. The van der Waals surface area contributed by atoms with Gasteiger partial charge in [-0.25, -0.2) is 0 Å². The summed E-state index contributed by atoms with van der Waals surface area (Å²) in [7, 11) is 1.63. The molecule has 2 atom stereocenters. The second kappa shape index (κ2) is 4.49. The van der Waals surface area contributed by atoms with Gasteiger partial charge in [0.05, 0.1) is 7.11 Å². The van der Waals surface area contributed by atoms with Gasteiger partial charge in [-0.1, -0.05) is 19.1 Å². The highest BCUT2D eigenvalue weighted by Crippen LogP contribution is 2.35. The van der Waals surface area contributed by atoms with E-state index >= 15 is 0 Å². The molecule has 3 nitrogen and oxygen atoms in total. The van der Waals surface area contributed by atoms with Crippen LogP contribution in [0.2, 0.25) is 0 Å². The summed E-state index contributed by atoms with van der Waals surface area (Å²) in [6, 6.07) is 7.51. The van der Waals surface area contributed by atoms with Crippen molar-refractivity contribution in [2.24, 2.45) is 11.7 Å². The van der Waals surface area contributed by atoms with Crippen LogP contribution < -0.4 is 10.5 Å². The van der Waals surface area contributed by atoms with Crippen LogP contribution in [0.5, 0.6) is 5.75 Å². The monoisotopic (exact) mass is 233 g/mol. The van der Waals surface area contributed by atoms with Crippen molar-refractivity contribution >= 4 is 5.78 Å². The minimum Gasteiger partial charge on any atom is -0.497 e. The first-order valence-corrected chi connectivity index (χ1v) is 6.03. The Morgan fingerprint density at radius 3 is 2.59 bits per heavy atom. The second-order valence-corrected chi connectivity index (χ2v) is 4.97. The third kappa shape index (κ3) is 2.20. The number of ether oxygens (including phenoxy) is 1. The van der Waals surface area contributed by atoms with E-state index < -0.39 is 5.54 Å². The van der Waals surface area contributed by atoms with Crippen LogP contribution in [-0.2, 0) is 10.3 Å². The Hall–Kier alpha value is -1.35. The summed E-state index contributed by atoms with van der Waals surface area (Å²) in [4.78, 5) is 12.1. The molecule has 0 spiro atoms. The molecule has 17 heavy (non-hydrogen) atoms. The Balaban J connectivity index is 2.31. The van der Waals surface area contributed by atoms with Crippen LogP contribution in [0.1, 0.15) is 31.7 Å². The van der Waals surface area contributed by atoms with E-state index in [2.05, 4.69) is 6.92 Å². The van der Waals surface area contributed by atoms with Crippen molar-refractivity contribution < 1.29 is 9.53 Å². The van der Waals surface area contributed by atoms with Crippen LogP contribution in [0.4, 0.5) is 0 Å². The summed E-state index contributed by atoms with van der Waals surface area (Å²) in [5, 5.41) is 0. The number of carbonyl (C=O) groups is 1. The number of methoxy groups -OCH3 is 1. The number of hydrogen-bond acceptors (Lipinski definition) is 3. The van der Waals surface area contributed by atoms with Crippen LogP contribution in [0.3, 0.4) is 0 Å². The Bertz CT molecular complexity index is 413. The van der Waals surface area contributed by atoms with Crippen molar-refractivity contribution in [3.05, 3.63) is 29.8 Å². The van der Waals surface area contributed by atoms with Gasteiger partial charge < -0.3 is 10.5 Å². The molecule has 2 rings (SSSR count). The van der Waals surface area contributed by atoms with E-state index in [1.165, 1.54) is 0 Å². The average molecular weight is 233 g/mol. The van der Waals surface area contributed by atoms with E-state index in [0.717, 1.165) is 24.2 Å². The van der Waals surface area contributed by atoms with Crippen molar-refractivity contribution in [2.45, 2.75) is 31.7 Å². The minimum atomic E-state index is -0.802. The van der Waals surface area contributed by atoms with Crippen molar-refractivity contribution in [1.29, 1.82) is 0 Å². The molecule has 0 unspecified atom stereocenters. The first kappa shape index (κ1) is 12.1. The van der Waals surface area contributed by atoms with Gasteiger partial charge >= 0.3 is 0 Å². The van der Waals surface area contributed by atoms with E-state index in [0.29, 0.717) is 12.3 Å². The van der Waals surface area contributed by atoms with Crippen molar-refractivity contribution in [3.8, 4) is 5.75 Å². The van der Waals surface area contributed by atoms with E-state index in [4.69, 9.17) is 10.5 Å². The predicted octanol–water partition coefficient (Wildman–Crippen LogP) is 2.24. The number of benzene rings is 1. The Morgan fingerprint density at radius 1 is 1.35 bits per heavy atom. The van der Waals surface area contributed by atoms with E-state index in [-0.39, 0.29) is 5.78 Å². The van der Waals surface area contributed by atoms with Crippen molar-refractivity contribution in [3.63, 3.8) is 0 Å². The lowest BCUT2D eigenvalue weighted by Crippen LogP contribution is -2.48. The summed E-state index contributed by atoms with van der Waals surface area (Å²) in [6.45, 7) is 2.15. The summed E-state index contributed by atoms with van der Waals surface area (Å²) >= 11 is 0. The van der Waals surface area contributed by atoms with Crippen LogP contribution in [-0.4, -0.2) is 12.9 Å². The maximum Gasteiger partial charge on any atom is 0.157 e. The first-order chi connectivity index (χ1) is 8.06. The fourth-order valence-corrected chi connectivity index (χ4v) is 2.53. The smallest absolute Gasteiger partial charge is 0.157 e. The molecule has 1 saturated carbocycles. The maximum absolute atomic E-state index is 12.1. The Labute approximate surface area is 102 Å². The molecule has 1 aromatic rings. The number of rotatable bonds is 2. The predicted molar refractivity (Wildman–Crippen MR) is 66.9 cm³/mol. The van der Waals surface area contributed by atoms with Gasteiger partial charge in [0.1, 0.15) is 11.3 Å². The Kier molecular flexibility index (Phi) is 3.20. The molecule has 0 saturated heterocycles. The molecule has 1 aliphatic carbocycles. The van der Waals surface area contributed by atoms with E-state index in [9.17, 15) is 4.79 Å². The minimum absolute atomic E-state index is 0.153. The zero-order chi connectivity index (χ0) is 12.5. The molecule has 1 fully saturated rings. The molecule has 0 radical (unpaired) electrons. The summed E-state index contributed by atoms with van der Waals surface area (Å²) in [5.41, 5.74) is 6.41. The second-order valence-electron chi connectivity index (χ2n) is 4.97. The lowest BCUT2D eigenvalue weighted by Gasteiger charge is -2.35. The molecule has 1 aliphatic rings. The highest BCUT2D eigenvalue weighted by molar-refractivity contribution is 5.90. The van der Waals surface area contributed by atoms with E-state index in [1.54, 1.807) is 7.11 Å². The molecule has 0 amide bonds. The highest BCUT2D eigenvalue weighted by Gasteiger charge is 2.39. The highest BCUT2D eigenvalue weighted by atomic mass is 16.5. The Morgan fingerprint density at radius 2 is 2.00 bits per heavy atom. The summed E-state index contributed by atoms with van der Waals surface area (Å²) in [6.07, 6.45) is 2.27. The molecule has 0 aliphatic heterocycles. The van der Waals surface area contributed by atoms with Crippen molar-refractivity contribution in [1.82, 2.24) is 0 Å². The SMILES string of the molecule is COc1ccc([C@@]2(N)C[C@H](C)CCC2=O)cc1. The zero-order valence-corrected chi connectivity index (χ0v) is 10.4. The zero-order valence-electron chi connectivity index (χ0n) is 10.4. The van der Waals surface area contributed by atoms with Crippen LogP contribution >= 0.6 is 0 Å². The summed E-state index contributed by atoms with van der Waals surface area (Å²) in [5.74, 6) is 1.44. The van der Waals surface area contributed by atoms with Crippen LogP contribution in [0, 0.1) is 5.92 Å². The average Bonchev–Trinajstić information content (AvgIpc) is 2.34. The van der Waals surface area contributed by atoms with E-state index in [1.807, 2.05) is 24.3 Å². The van der Waals surface area contributed by atoms with Gasteiger partial charge in [0.15, 0.2) is 5.78 Å². The van der Waals surface area contributed by atoms with Crippen molar-refractivity contribution in [2.75, 3.05) is 7.11 Å². The molecule has 0 heterocycles. The summed E-state index contributed by atoms with van der Waals surface area (Å²) < 4.78 is 5.11. The van der Waals surface area contributed by atoms with Gasteiger partial charge in [0, 0.05) is 6.42 Å². The molecule has 0 aromatic heterocycles. The number of nitrogens with two attached hydrogens (primary N) is 1. The normalized spacial score (nSPS) is 29.1. The third-order valence-corrected chi connectivity index (χ3v) is 3.64. The fraction of sp³-hybridized carbons (Fsp3) is 0.500. The molecule has 92 valence electrons. The molecular weight excluding hydrogens is 214 g/mol. The maximum atomic E-state index is 12.1. The molecule has 2 N–H and O–H groups in total. The molecule has 0 bridgehead atoms. The van der Waals surface area contributed by atoms with Gasteiger partial charge in [-0.3, -0.25) is 4.79 Å². The van der Waals surface area contributed by atoms with Gasteiger partial charge in [0.2, 0.25) is 0 Å². The quantitative estimate of drug-likeness (QED) is 0.852. The molecule has 3 heteroatoms. The molecule has 1 aromatic carbocycles. The lowest BCUT2D eigenvalue weighted by atomic mass is 9.72. The molecular formula is C14H19NO2. The van der Waals surface area contributed by atoms with Gasteiger partial charge in [-0.15, -0.1) is 0 Å². The van der Waals surface area contributed by atoms with Gasteiger partial charge in [-0.05, 0) is 36.5 Å². The number of carbonyl (C=O) groups excluding carboxylic acids is 1. The van der Waals surface area contributed by atoms with Gasteiger partial charge in [0.25, 0.3) is 0 Å². The largest absolute Gasteiger partial charge is 0.497 e.